The fourth-order valence-electron chi connectivity index (χ4n) is 2.20. The van der Waals surface area contributed by atoms with Crippen molar-refractivity contribution in [3.8, 4) is 0 Å². The van der Waals surface area contributed by atoms with E-state index in [1.165, 1.54) is 8.99 Å². The van der Waals surface area contributed by atoms with E-state index in [-0.39, 0.29) is 15.7 Å². The zero-order chi connectivity index (χ0) is 12.6. The Hall–Kier alpha value is -0.470. The second kappa shape index (κ2) is 4.66. The molecule has 1 fully saturated rings. The van der Waals surface area contributed by atoms with Gasteiger partial charge in [0.2, 0.25) is 5.03 Å². The van der Waals surface area contributed by atoms with Crippen LogP contribution in [0.2, 0.25) is 0 Å². The molecule has 0 atom stereocenters. The van der Waals surface area contributed by atoms with Crippen molar-refractivity contribution in [2.45, 2.75) is 36.8 Å². The molecule has 0 saturated heterocycles. The molecule has 6 nitrogen and oxygen atoms in total. The van der Waals surface area contributed by atoms with Gasteiger partial charge in [-0.05, 0) is 28.8 Å². The summed E-state index contributed by atoms with van der Waals surface area (Å²) in [7, 11) is -0.310. The predicted octanol–water partition coefficient (Wildman–Crippen LogP) is 1.14. The van der Waals surface area contributed by atoms with Crippen LogP contribution >= 0.6 is 15.9 Å². The monoisotopic (exact) mass is 322 g/mol. The molecule has 0 radical (unpaired) electrons. The highest BCUT2D eigenvalue weighted by molar-refractivity contribution is 9.10. The van der Waals surface area contributed by atoms with Gasteiger partial charge in [-0.3, -0.25) is 0 Å². The van der Waals surface area contributed by atoms with E-state index in [0.717, 1.165) is 25.7 Å². The summed E-state index contributed by atoms with van der Waals surface area (Å²) in [6.45, 7) is 0. The molecule has 96 valence electrons. The van der Waals surface area contributed by atoms with Gasteiger partial charge in [0.1, 0.15) is 0 Å². The second-order valence-corrected chi connectivity index (χ2v) is 6.93. The van der Waals surface area contributed by atoms with Crippen LogP contribution in [0.3, 0.4) is 0 Å². The molecule has 0 aromatic carbocycles. The van der Waals surface area contributed by atoms with Crippen LogP contribution in [-0.4, -0.2) is 40.8 Å². The van der Waals surface area contributed by atoms with E-state index >= 15 is 0 Å². The molecule has 1 aliphatic rings. The van der Waals surface area contributed by atoms with Crippen molar-refractivity contribution in [3.05, 3.63) is 4.60 Å². The van der Waals surface area contributed by atoms with Gasteiger partial charge in [-0.1, -0.05) is 18.1 Å². The summed E-state index contributed by atoms with van der Waals surface area (Å²) in [5.41, 5.74) is 0. The molecule has 0 unspecified atom stereocenters. The Morgan fingerprint density at radius 1 is 1.41 bits per heavy atom. The van der Waals surface area contributed by atoms with E-state index in [1.807, 2.05) is 0 Å². The van der Waals surface area contributed by atoms with Crippen molar-refractivity contribution in [1.29, 1.82) is 0 Å². The molecule has 17 heavy (non-hydrogen) atoms. The van der Waals surface area contributed by atoms with E-state index in [4.69, 9.17) is 0 Å². The lowest BCUT2D eigenvalue weighted by atomic mass is 10.3. The number of sulfonamides is 1. The van der Waals surface area contributed by atoms with Gasteiger partial charge in [0.15, 0.2) is 4.60 Å². The molecule has 1 aliphatic carbocycles. The molecule has 1 aromatic rings. The Kier molecular flexibility index (Phi) is 3.55. The highest BCUT2D eigenvalue weighted by Crippen LogP contribution is 2.29. The third kappa shape index (κ3) is 2.25. The molecule has 0 bridgehead atoms. The number of hydrogen-bond acceptors (Lipinski definition) is 4. The molecule has 1 heterocycles. The van der Waals surface area contributed by atoms with Crippen LogP contribution in [0.5, 0.6) is 0 Å². The van der Waals surface area contributed by atoms with E-state index in [1.54, 1.807) is 14.1 Å². The van der Waals surface area contributed by atoms with Crippen LogP contribution in [0.4, 0.5) is 0 Å². The third-order valence-corrected chi connectivity index (χ3v) is 6.00. The molecule has 0 amide bonds. The highest BCUT2D eigenvalue weighted by Gasteiger charge is 2.34. The molecule has 1 saturated carbocycles. The first-order chi connectivity index (χ1) is 7.94. The first-order valence-electron chi connectivity index (χ1n) is 5.48. The second-order valence-electron chi connectivity index (χ2n) is 4.27. The maximum absolute atomic E-state index is 12.4. The third-order valence-electron chi connectivity index (χ3n) is 3.20. The lowest BCUT2D eigenvalue weighted by molar-refractivity contribution is 0.369. The van der Waals surface area contributed by atoms with Crippen LogP contribution in [0.25, 0.3) is 0 Å². The smallest absolute Gasteiger partial charge is 0.235 e. The number of nitrogens with zero attached hydrogens (tertiary/aromatic N) is 4. The Bertz CT molecular complexity index is 488. The molecule has 0 N–H and O–H groups in total. The average molecular weight is 323 g/mol. The molecule has 0 spiro atoms. The van der Waals surface area contributed by atoms with Crippen molar-refractivity contribution in [3.63, 3.8) is 0 Å². The highest BCUT2D eigenvalue weighted by atomic mass is 79.9. The van der Waals surface area contributed by atoms with Gasteiger partial charge in [-0.25, -0.2) is 13.1 Å². The minimum Gasteiger partial charge on any atom is -0.235 e. The summed E-state index contributed by atoms with van der Waals surface area (Å²) < 4.78 is 27.8. The maximum atomic E-state index is 12.4. The number of halogens is 1. The Balaban J connectivity index is 2.36. The maximum Gasteiger partial charge on any atom is 0.263 e. The van der Waals surface area contributed by atoms with E-state index in [0.29, 0.717) is 0 Å². The molecular weight excluding hydrogens is 308 g/mol. The van der Waals surface area contributed by atoms with Gasteiger partial charge in [-0.2, -0.15) is 4.31 Å². The largest absolute Gasteiger partial charge is 0.263 e. The van der Waals surface area contributed by atoms with Crippen molar-refractivity contribution in [1.82, 2.24) is 19.3 Å². The number of aryl methyl sites for hydroxylation is 1. The van der Waals surface area contributed by atoms with E-state index < -0.39 is 10.0 Å². The summed E-state index contributed by atoms with van der Waals surface area (Å²) in [4.78, 5) is 0. The van der Waals surface area contributed by atoms with Crippen LogP contribution < -0.4 is 0 Å². The van der Waals surface area contributed by atoms with Gasteiger partial charge in [-0.15, -0.1) is 5.10 Å². The quantitative estimate of drug-likeness (QED) is 0.836. The summed E-state index contributed by atoms with van der Waals surface area (Å²) >= 11 is 3.13. The first-order valence-corrected chi connectivity index (χ1v) is 7.71. The van der Waals surface area contributed by atoms with Gasteiger partial charge in [0.25, 0.3) is 10.0 Å². The average Bonchev–Trinajstić information content (AvgIpc) is 2.87. The summed E-state index contributed by atoms with van der Waals surface area (Å²) in [6.07, 6.45) is 4.04. The standard InChI is InChI=1S/C9H15BrN4O2S/c1-13-9(8(10)11-12-13)17(15,16)14(2)7-5-3-4-6-7/h7H,3-6H2,1-2H3. The van der Waals surface area contributed by atoms with Crippen LogP contribution in [-0.2, 0) is 17.1 Å². The molecule has 1 aromatic heterocycles. The van der Waals surface area contributed by atoms with Gasteiger partial charge >= 0.3 is 0 Å². The number of hydrogen-bond donors (Lipinski definition) is 0. The molecule has 2 rings (SSSR count). The summed E-state index contributed by atoms with van der Waals surface area (Å²) in [5, 5.41) is 7.54. The van der Waals surface area contributed by atoms with Gasteiger partial charge in [0, 0.05) is 20.1 Å². The predicted molar refractivity (Wildman–Crippen MR) is 65.9 cm³/mol. The normalized spacial score (nSPS) is 18.1. The minimum atomic E-state index is -3.52. The number of rotatable bonds is 3. The molecule has 8 heteroatoms. The summed E-state index contributed by atoms with van der Waals surface area (Å²) in [5.74, 6) is 0. The zero-order valence-corrected chi connectivity index (χ0v) is 12.2. The lowest BCUT2D eigenvalue weighted by Crippen LogP contribution is -2.36. The van der Waals surface area contributed by atoms with Crippen LogP contribution in [0.1, 0.15) is 25.7 Å². The van der Waals surface area contributed by atoms with Crippen molar-refractivity contribution >= 4 is 26.0 Å². The topological polar surface area (TPSA) is 68.1 Å². The SMILES string of the molecule is CN(C1CCCC1)S(=O)(=O)c1c(Br)nnn1C. The minimum absolute atomic E-state index is 0.0989. The Labute approximate surface area is 109 Å². The van der Waals surface area contributed by atoms with Crippen molar-refractivity contribution < 1.29 is 8.42 Å². The summed E-state index contributed by atoms with van der Waals surface area (Å²) in [6, 6.07) is 0.0989. The van der Waals surface area contributed by atoms with Gasteiger partial charge < -0.3 is 0 Å². The van der Waals surface area contributed by atoms with Gasteiger partial charge in [0.05, 0.1) is 0 Å². The van der Waals surface area contributed by atoms with Crippen molar-refractivity contribution in [2.75, 3.05) is 7.05 Å². The Morgan fingerprint density at radius 3 is 2.47 bits per heavy atom. The fourth-order valence-corrected chi connectivity index (χ4v) is 4.64. The zero-order valence-electron chi connectivity index (χ0n) is 9.80. The molecular formula is C9H15BrN4O2S. The fraction of sp³-hybridized carbons (Fsp3) is 0.778. The van der Waals surface area contributed by atoms with E-state index in [2.05, 4.69) is 26.2 Å². The van der Waals surface area contributed by atoms with Crippen LogP contribution in [0, 0.1) is 0 Å². The Morgan fingerprint density at radius 2 is 2.00 bits per heavy atom. The lowest BCUT2D eigenvalue weighted by Gasteiger charge is -2.23. The number of aromatic nitrogens is 3. The van der Waals surface area contributed by atoms with Crippen molar-refractivity contribution in [2.24, 2.45) is 7.05 Å². The first kappa shape index (κ1) is 13.0. The molecule has 0 aliphatic heterocycles. The van der Waals surface area contributed by atoms with E-state index in [9.17, 15) is 8.42 Å². The van der Waals surface area contributed by atoms with Crippen LogP contribution in [0.15, 0.2) is 9.63 Å².